The minimum atomic E-state index is -0.468. The van der Waals surface area contributed by atoms with Gasteiger partial charge in [-0.1, -0.05) is 33.6 Å². The maximum Gasteiger partial charge on any atom is 0.237 e. The van der Waals surface area contributed by atoms with Crippen molar-refractivity contribution in [3.63, 3.8) is 0 Å². The van der Waals surface area contributed by atoms with Gasteiger partial charge in [0.05, 0.1) is 5.54 Å². The van der Waals surface area contributed by atoms with E-state index in [2.05, 4.69) is 12.2 Å². The van der Waals surface area contributed by atoms with Gasteiger partial charge in [-0.3, -0.25) is 4.79 Å². The van der Waals surface area contributed by atoms with E-state index in [1.165, 1.54) is 0 Å². The van der Waals surface area contributed by atoms with Gasteiger partial charge in [0.15, 0.2) is 0 Å². The van der Waals surface area contributed by atoms with E-state index in [0.29, 0.717) is 0 Å². The highest BCUT2D eigenvalue weighted by molar-refractivity contribution is 5.84. The Balaban J connectivity index is 4.35. The smallest absolute Gasteiger partial charge is 0.237 e. The Morgan fingerprint density at radius 2 is 2.00 bits per heavy atom. The van der Waals surface area contributed by atoms with Crippen LogP contribution in [0.2, 0.25) is 0 Å². The minimum absolute atomic E-state index is 0.217. The summed E-state index contributed by atoms with van der Waals surface area (Å²) in [4.78, 5) is 11.3. The first kappa shape index (κ1) is 12.4. The summed E-state index contributed by atoms with van der Waals surface area (Å²) >= 11 is 0. The van der Waals surface area contributed by atoms with Crippen LogP contribution in [0.4, 0.5) is 0 Å². The van der Waals surface area contributed by atoms with Gasteiger partial charge in [-0.05, 0) is 19.4 Å². The zero-order valence-electron chi connectivity index (χ0n) is 9.02. The normalized spacial score (nSPS) is 15.3. The van der Waals surface area contributed by atoms with Crippen LogP contribution in [0.5, 0.6) is 0 Å². The lowest BCUT2D eigenvalue weighted by atomic mass is 9.89. The molecule has 0 bridgehead atoms. The van der Waals surface area contributed by atoms with Gasteiger partial charge in [0.2, 0.25) is 5.91 Å². The van der Waals surface area contributed by atoms with Gasteiger partial charge in [0.25, 0.3) is 0 Å². The summed E-state index contributed by atoms with van der Waals surface area (Å²) < 4.78 is 0. The van der Waals surface area contributed by atoms with Gasteiger partial charge < -0.3 is 11.1 Å². The number of carbonyl (C=O) groups is 1. The Morgan fingerprint density at radius 1 is 1.38 bits per heavy atom. The van der Waals surface area contributed by atoms with Gasteiger partial charge in [-0.15, -0.1) is 0 Å². The molecule has 0 aliphatic carbocycles. The van der Waals surface area contributed by atoms with Crippen molar-refractivity contribution in [3.05, 3.63) is 0 Å². The lowest BCUT2D eigenvalue weighted by Gasteiger charge is -2.30. The van der Waals surface area contributed by atoms with E-state index in [4.69, 9.17) is 5.73 Å². The molecule has 0 aromatic carbocycles. The number of primary amides is 1. The Kier molecular flexibility index (Phi) is 5.71. The number of amides is 1. The molecule has 1 unspecified atom stereocenters. The lowest BCUT2D eigenvalue weighted by Crippen LogP contribution is -2.54. The van der Waals surface area contributed by atoms with Crippen LogP contribution in [0, 0.1) is 0 Å². The van der Waals surface area contributed by atoms with Crippen molar-refractivity contribution in [1.29, 1.82) is 0 Å². The zero-order valence-corrected chi connectivity index (χ0v) is 9.02. The van der Waals surface area contributed by atoms with Gasteiger partial charge in [0, 0.05) is 0 Å². The Morgan fingerprint density at radius 3 is 2.31 bits per heavy atom. The van der Waals surface area contributed by atoms with Crippen molar-refractivity contribution in [2.75, 3.05) is 6.54 Å². The molecule has 0 aliphatic heterocycles. The van der Waals surface area contributed by atoms with Crippen LogP contribution in [0.1, 0.15) is 46.5 Å². The lowest BCUT2D eigenvalue weighted by molar-refractivity contribution is -0.124. The van der Waals surface area contributed by atoms with Crippen LogP contribution in [0.25, 0.3) is 0 Å². The first-order valence-corrected chi connectivity index (χ1v) is 5.17. The number of carbonyl (C=O) groups excluding carboxylic acids is 1. The molecule has 0 heterocycles. The fraction of sp³-hybridized carbons (Fsp3) is 0.900. The molecule has 0 spiro atoms. The quantitative estimate of drug-likeness (QED) is 0.632. The second kappa shape index (κ2) is 5.97. The highest BCUT2D eigenvalue weighted by atomic mass is 16.1. The molecule has 0 aromatic heterocycles. The van der Waals surface area contributed by atoms with E-state index in [0.717, 1.165) is 32.2 Å². The number of rotatable bonds is 7. The predicted octanol–water partition coefficient (Wildman–Crippen LogP) is 1.42. The van der Waals surface area contributed by atoms with Crippen LogP contribution in [0.3, 0.4) is 0 Å². The highest BCUT2D eigenvalue weighted by Crippen LogP contribution is 2.17. The largest absolute Gasteiger partial charge is 0.368 e. The summed E-state index contributed by atoms with van der Waals surface area (Å²) in [5.41, 5.74) is 4.94. The number of nitrogens with one attached hydrogen (secondary N) is 1. The van der Waals surface area contributed by atoms with E-state index in [1.54, 1.807) is 0 Å². The summed E-state index contributed by atoms with van der Waals surface area (Å²) in [5, 5.41) is 3.21. The Bertz CT molecular complexity index is 159. The first-order chi connectivity index (χ1) is 6.13. The SMILES string of the molecule is CCCCC(CC)(NCC)C(N)=O. The fourth-order valence-corrected chi connectivity index (χ4v) is 1.59. The van der Waals surface area contributed by atoms with E-state index in [1.807, 2.05) is 13.8 Å². The second-order valence-electron chi connectivity index (χ2n) is 3.43. The van der Waals surface area contributed by atoms with Crippen molar-refractivity contribution in [3.8, 4) is 0 Å². The molecule has 0 saturated carbocycles. The van der Waals surface area contributed by atoms with E-state index < -0.39 is 5.54 Å². The van der Waals surface area contributed by atoms with E-state index >= 15 is 0 Å². The molecule has 78 valence electrons. The maximum atomic E-state index is 11.3. The summed E-state index contributed by atoms with van der Waals surface area (Å²) in [6.45, 7) is 6.91. The monoisotopic (exact) mass is 186 g/mol. The third-order valence-electron chi connectivity index (χ3n) is 2.55. The summed E-state index contributed by atoms with van der Waals surface area (Å²) in [6.07, 6.45) is 3.77. The summed E-state index contributed by atoms with van der Waals surface area (Å²) in [5.74, 6) is -0.217. The fourth-order valence-electron chi connectivity index (χ4n) is 1.59. The molecule has 0 fully saturated rings. The topological polar surface area (TPSA) is 55.1 Å². The van der Waals surface area contributed by atoms with Crippen LogP contribution < -0.4 is 11.1 Å². The standard InChI is InChI=1S/C10H22N2O/c1-4-7-8-10(5-2,9(11)13)12-6-3/h12H,4-8H2,1-3H3,(H2,11,13). The average molecular weight is 186 g/mol. The molecule has 13 heavy (non-hydrogen) atoms. The van der Waals surface area contributed by atoms with Crippen LogP contribution >= 0.6 is 0 Å². The molecule has 0 aliphatic rings. The van der Waals surface area contributed by atoms with Crippen molar-refractivity contribution >= 4 is 5.91 Å². The Labute approximate surface area is 81.1 Å². The van der Waals surface area contributed by atoms with Crippen LogP contribution in [-0.4, -0.2) is 18.0 Å². The minimum Gasteiger partial charge on any atom is -0.368 e. The van der Waals surface area contributed by atoms with Crippen LogP contribution in [-0.2, 0) is 4.79 Å². The summed E-state index contributed by atoms with van der Waals surface area (Å²) in [6, 6.07) is 0. The van der Waals surface area contributed by atoms with Crippen molar-refractivity contribution in [2.24, 2.45) is 5.73 Å². The molecule has 0 radical (unpaired) electrons. The van der Waals surface area contributed by atoms with E-state index in [-0.39, 0.29) is 5.91 Å². The number of hydrogen-bond acceptors (Lipinski definition) is 2. The van der Waals surface area contributed by atoms with Gasteiger partial charge in [-0.2, -0.15) is 0 Å². The second-order valence-corrected chi connectivity index (χ2v) is 3.43. The summed E-state index contributed by atoms with van der Waals surface area (Å²) in [7, 11) is 0. The highest BCUT2D eigenvalue weighted by Gasteiger charge is 2.32. The molecule has 1 amide bonds. The molecule has 3 N–H and O–H groups in total. The van der Waals surface area contributed by atoms with Crippen LogP contribution in [0.15, 0.2) is 0 Å². The zero-order chi connectivity index (χ0) is 10.3. The van der Waals surface area contributed by atoms with Crippen molar-refractivity contribution in [2.45, 2.75) is 52.0 Å². The van der Waals surface area contributed by atoms with Gasteiger partial charge in [-0.25, -0.2) is 0 Å². The first-order valence-electron chi connectivity index (χ1n) is 5.17. The van der Waals surface area contributed by atoms with Crippen molar-refractivity contribution in [1.82, 2.24) is 5.32 Å². The molecule has 3 heteroatoms. The number of hydrogen-bond donors (Lipinski definition) is 2. The van der Waals surface area contributed by atoms with E-state index in [9.17, 15) is 4.79 Å². The molecule has 3 nitrogen and oxygen atoms in total. The van der Waals surface area contributed by atoms with Gasteiger partial charge >= 0.3 is 0 Å². The number of unbranched alkanes of at least 4 members (excludes halogenated alkanes) is 1. The molecule has 0 saturated heterocycles. The Hall–Kier alpha value is -0.570. The number of likely N-dealkylation sites (N-methyl/N-ethyl adjacent to an activating group) is 1. The number of nitrogens with two attached hydrogens (primary N) is 1. The molecule has 1 atom stereocenters. The van der Waals surface area contributed by atoms with Gasteiger partial charge in [0.1, 0.15) is 0 Å². The molecule has 0 aromatic rings. The van der Waals surface area contributed by atoms with Crippen molar-refractivity contribution < 1.29 is 4.79 Å². The third-order valence-corrected chi connectivity index (χ3v) is 2.55. The average Bonchev–Trinajstić information content (AvgIpc) is 2.12. The predicted molar refractivity (Wildman–Crippen MR) is 55.4 cm³/mol. The molecule has 0 rings (SSSR count). The maximum absolute atomic E-state index is 11.3. The molecular formula is C10H22N2O. The molecular weight excluding hydrogens is 164 g/mol. The third kappa shape index (κ3) is 3.35.